The fourth-order valence-electron chi connectivity index (χ4n) is 8.16. The van der Waals surface area contributed by atoms with Gasteiger partial charge in [0.05, 0.1) is 12.6 Å². The molecule has 2 bridgehead atoms. The summed E-state index contributed by atoms with van der Waals surface area (Å²) in [6.07, 6.45) is 0.921. The molecule has 9 atom stereocenters. The van der Waals surface area contributed by atoms with E-state index in [4.69, 9.17) is 4.74 Å². The Labute approximate surface area is 414 Å². The van der Waals surface area contributed by atoms with E-state index in [0.29, 0.717) is 37.1 Å². The smallest absolute Gasteiger partial charge is 0.328 e. The van der Waals surface area contributed by atoms with Crippen molar-refractivity contribution in [2.75, 3.05) is 33.2 Å². The van der Waals surface area contributed by atoms with E-state index >= 15 is 0 Å². The average Bonchev–Trinajstić information content (AvgIpc) is 3.34. The van der Waals surface area contributed by atoms with Crippen LogP contribution in [0.3, 0.4) is 0 Å². The number of piperidine rings is 1. The lowest BCUT2D eigenvalue weighted by molar-refractivity contribution is -0.156. The molecular formula is C50H71N9O12. The van der Waals surface area contributed by atoms with Gasteiger partial charge in [-0.15, -0.1) is 0 Å². The molecular weight excluding hydrogens is 919 g/mol. The SMILES string of the molecule is C/C=C(\C)C(=O)NCC(=O)N[C@@H]1C(=O)N[C@H](CCC(=O)NCCCCCNC(C)=O)C(=O)N[C@H]2CC[C@@H](O)N(C2)[C@@H](Cc2ccccc2)C(=O)N(C)[C@@H](Cc2ccc(O)cc2)C(=O)N[C@@H](C)C(=O)O[C@@H]1C. The zero-order chi connectivity index (χ0) is 52.2. The van der Waals surface area contributed by atoms with Gasteiger partial charge in [-0.2, -0.15) is 0 Å². The second kappa shape index (κ2) is 28.1. The molecule has 9 N–H and O–H groups in total. The summed E-state index contributed by atoms with van der Waals surface area (Å²) in [6.45, 7) is 7.45. The van der Waals surface area contributed by atoms with Gasteiger partial charge in [0.1, 0.15) is 42.2 Å². The Bertz CT molecular complexity index is 2210. The van der Waals surface area contributed by atoms with Crippen LogP contribution in [0, 0.1) is 0 Å². The van der Waals surface area contributed by atoms with Crippen molar-refractivity contribution in [2.45, 2.75) is 141 Å². The molecule has 8 amide bonds. The number of carbonyl (C=O) groups is 9. The molecule has 2 aromatic rings. The van der Waals surface area contributed by atoms with Crippen LogP contribution in [0.25, 0.3) is 0 Å². The molecule has 21 nitrogen and oxygen atoms in total. The van der Waals surface area contributed by atoms with E-state index in [-0.39, 0.29) is 56.7 Å². The number of phenols is 1. The Morgan fingerprint density at radius 1 is 0.775 bits per heavy atom. The lowest BCUT2D eigenvalue weighted by atomic mass is 9.95. The molecule has 2 aliphatic heterocycles. The van der Waals surface area contributed by atoms with E-state index in [1.54, 1.807) is 49.1 Å². The largest absolute Gasteiger partial charge is 0.508 e. The monoisotopic (exact) mass is 990 g/mol. The number of cyclic esters (lactones) is 1. The first-order valence-electron chi connectivity index (χ1n) is 24.1. The third-order valence-corrected chi connectivity index (χ3v) is 12.5. The maximum Gasteiger partial charge on any atom is 0.328 e. The van der Waals surface area contributed by atoms with E-state index in [9.17, 15) is 53.4 Å². The van der Waals surface area contributed by atoms with Crippen molar-refractivity contribution in [1.82, 2.24) is 47.0 Å². The highest BCUT2D eigenvalue weighted by Gasteiger charge is 2.42. The number of aromatic hydroxyl groups is 1. The number of nitrogens with one attached hydrogen (secondary N) is 7. The van der Waals surface area contributed by atoms with Crippen LogP contribution in [0.15, 0.2) is 66.2 Å². The van der Waals surface area contributed by atoms with Gasteiger partial charge in [-0.05, 0) is 95.9 Å². The maximum absolute atomic E-state index is 15.0. The zero-order valence-electron chi connectivity index (χ0n) is 41.5. The molecule has 2 heterocycles. The Hall–Kier alpha value is -6.87. The minimum atomic E-state index is -1.68. The molecule has 21 heteroatoms. The third kappa shape index (κ3) is 18.1. The highest BCUT2D eigenvalue weighted by Crippen LogP contribution is 2.24. The van der Waals surface area contributed by atoms with Gasteiger partial charge in [0.15, 0.2) is 0 Å². The molecule has 0 aromatic heterocycles. The molecule has 0 spiro atoms. The number of carbonyl (C=O) groups excluding carboxylic acids is 9. The molecule has 4 rings (SSSR count). The number of hydrogen-bond donors (Lipinski definition) is 9. The molecule has 0 radical (unpaired) electrons. The Morgan fingerprint density at radius 3 is 2.08 bits per heavy atom. The highest BCUT2D eigenvalue weighted by molar-refractivity contribution is 5.97. The third-order valence-electron chi connectivity index (χ3n) is 12.5. The first kappa shape index (κ1) is 56.7. The number of likely N-dealkylation sites (N-methyl/N-ethyl adjacent to an activating group) is 1. The number of aliphatic hydroxyl groups excluding tert-OH is 1. The van der Waals surface area contributed by atoms with Gasteiger partial charge >= 0.3 is 5.97 Å². The fourth-order valence-corrected chi connectivity index (χ4v) is 8.16. The lowest BCUT2D eigenvalue weighted by Gasteiger charge is -2.43. The van der Waals surface area contributed by atoms with Crippen molar-refractivity contribution < 1.29 is 58.1 Å². The second-order valence-corrected chi connectivity index (χ2v) is 18.1. The molecule has 2 aromatic carbocycles. The summed E-state index contributed by atoms with van der Waals surface area (Å²) in [5.74, 6) is -6.01. The first-order chi connectivity index (χ1) is 33.8. The van der Waals surface area contributed by atoms with Crippen LogP contribution in [0.2, 0.25) is 0 Å². The van der Waals surface area contributed by atoms with Gasteiger partial charge in [-0.25, -0.2) is 4.79 Å². The highest BCUT2D eigenvalue weighted by atomic mass is 16.5. The summed E-state index contributed by atoms with van der Waals surface area (Å²) < 4.78 is 5.71. The van der Waals surface area contributed by atoms with Gasteiger partial charge in [0, 0.05) is 58.1 Å². The standard InChI is InChI=1S/C50H71N9O12/c1-7-30(2)45(65)53-28-42(63)57-44-32(4)71-50(70)31(3)54-47(67)39(26-35-16-19-37(61)20-17-35)58(6)49(69)40(27-34-14-10-8-11-15-34)59-29-36(18-23-43(59)64)55-46(66)38(56-48(44)68)21-22-41(62)52-25-13-9-12-24-51-33(5)60/h7-8,10-11,14-17,19-20,31-32,36,38-40,43-44,61,64H,9,12-13,18,21-29H2,1-6H3,(H,51,60)(H,52,62)(H,53,65)(H,54,67)(H,55,66)(H,56,68)(H,57,63)/b30-7+/t31-,32+,36-,38+,39-,40-,43+,44-/m0/s1. The van der Waals surface area contributed by atoms with Gasteiger partial charge in [0.2, 0.25) is 47.3 Å². The summed E-state index contributed by atoms with van der Waals surface area (Å²) in [6, 6.07) is 7.58. The number of esters is 1. The molecule has 2 saturated heterocycles. The molecule has 2 aliphatic rings. The van der Waals surface area contributed by atoms with Crippen LogP contribution in [0.5, 0.6) is 5.75 Å². The molecule has 2 fully saturated rings. The number of aliphatic hydroxyl groups is 1. The molecule has 0 saturated carbocycles. The van der Waals surface area contributed by atoms with Crippen LogP contribution in [-0.2, 0) is 60.7 Å². The van der Waals surface area contributed by atoms with E-state index in [0.717, 1.165) is 12.0 Å². The van der Waals surface area contributed by atoms with E-state index < -0.39 is 102 Å². The Kier molecular flexibility index (Phi) is 22.4. The summed E-state index contributed by atoms with van der Waals surface area (Å²) in [4.78, 5) is 125. The molecule has 1 unspecified atom stereocenters. The first-order valence-corrected chi connectivity index (χ1v) is 24.1. The Morgan fingerprint density at radius 2 is 1.42 bits per heavy atom. The van der Waals surface area contributed by atoms with Crippen LogP contribution in [0.1, 0.15) is 90.7 Å². The number of phenolic OH excluding ortho intramolecular Hbond substituents is 1. The zero-order valence-corrected chi connectivity index (χ0v) is 41.5. The van der Waals surface area contributed by atoms with Crippen molar-refractivity contribution in [3.63, 3.8) is 0 Å². The molecule has 71 heavy (non-hydrogen) atoms. The van der Waals surface area contributed by atoms with Crippen molar-refractivity contribution >= 4 is 53.2 Å². The summed E-state index contributed by atoms with van der Waals surface area (Å²) in [5, 5.41) is 40.3. The summed E-state index contributed by atoms with van der Waals surface area (Å²) in [7, 11) is 1.44. The van der Waals surface area contributed by atoms with Gasteiger partial charge in [-0.1, -0.05) is 48.5 Å². The number of ether oxygens (including phenoxy) is 1. The second-order valence-electron chi connectivity index (χ2n) is 18.1. The average molecular weight is 990 g/mol. The van der Waals surface area contributed by atoms with Gasteiger partial charge < -0.3 is 57.1 Å². The van der Waals surface area contributed by atoms with Crippen molar-refractivity contribution in [3.05, 3.63) is 77.4 Å². The summed E-state index contributed by atoms with van der Waals surface area (Å²) in [5.41, 5.74) is 1.63. The van der Waals surface area contributed by atoms with Crippen molar-refractivity contribution in [3.8, 4) is 5.75 Å². The normalized spacial score (nSPS) is 24.9. The van der Waals surface area contributed by atoms with Gasteiger partial charge in [0.25, 0.3) is 0 Å². The number of fused-ring (bicyclic) bond motifs is 2. The quantitative estimate of drug-likeness (QED) is 0.0573. The van der Waals surface area contributed by atoms with E-state index in [2.05, 4.69) is 37.2 Å². The van der Waals surface area contributed by atoms with Crippen LogP contribution < -0.4 is 37.2 Å². The lowest BCUT2D eigenvalue weighted by Crippen LogP contribution is -2.63. The van der Waals surface area contributed by atoms with E-state index in [1.165, 1.54) is 44.9 Å². The molecule has 388 valence electrons. The fraction of sp³-hybridized carbons (Fsp3) is 0.540. The van der Waals surface area contributed by atoms with E-state index in [1.807, 2.05) is 18.2 Å². The predicted molar refractivity (Wildman–Crippen MR) is 260 cm³/mol. The van der Waals surface area contributed by atoms with Crippen molar-refractivity contribution in [2.24, 2.45) is 0 Å². The minimum Gasteiger partial charge on any atom is -0.508 e. The predicted octanol–water partition coefficient (Wildman–Crippen LogP) is -0.0232. The summed E-state index contributed by atoms with van der Waals surface area (Å²) >= 11 is 0. The number of hydrogen-bond acceptors (Lipinski definition) is 13. The minimum absolute atomic E-state index is 0.0234. The van der Waals surface area contributed by atoms with Gasteiger partial charge in [-0.3, -0.25) is 43.3 Å². The number of rotatable bonds is 17. The number of nitrogens with zero attached hydrogens (tertiary/aromatic N) is 2. The van der Waals surface area contributed by atoms with Crippen molar-refractivity contribution in [1.29, 1.82) is 0 Å². The van der Waals surface area contributed by atoms with Crippen LogP contribution in [0.4, 0.5) is 0 Å². The Balaban J connectivity index is 1.72. The molecule has 0 aliphatic carbocycles. The maximum atomic E-state index is 15.0. The topological polar surface area (TPSA) is 294 Å². The number of amides is 8. The number of allylic oxidation sites excluding steroid dienone is 1. The number of unbranched alkanes of at least 4 members (excludes halogenated alkanes) is 2. The van der Waals surface area contributed by atoms with Crippen LogP contribution >= 0.6 is 0 Å². The number of benzene rings is 2. The van der Waals surface area contributed by atoms with Crippen LogP contribution in [-0.4, -0.2) is 155 Å².